The predicted molar refractivity (Wildman–Crippen MR) is 128 cm³/mol. The largest absolute Gasteiger partial charge is 0.496 e. The second kappa shape index (κ2) is 9.94. The fourth-order valence-corrected chi connectivity index (χ4v) is 4.24. The zero-order valence-corrected chi connectivity index (χ0v) is 19.3. The number of amides is 1. The number of carbonyl (C=O) groups excluding carboxylic acids is 1. The zero-order chi connectivity index (χ0) is 23.4. The van der Waals surface area contributed by atoms with Gasteiger partial charge in [0.1, 0.15) is 23.9 Å². The van der Waals surface area contributed by atoms with Crippen molar-refractivity contribution >= 4 is 11.6 Å². The molecular formula is C27H29FN2O3. The number of hydrogen-bond acceptors (Lipinski definition) is 4. The Hall–Kier alpha value is -3.54. The Morgan fingerprint density at radius 1 is 0.939 bits per heavy atom. The summed E-state index contributed by atoms with van der Waals surface area (Å²) in [5, 5.41) is 0. The van der Waals surface area contributed by atoms with Crippen LogP contribution in [-0.2, 0) is 6.61 Å². The third-order valence-electron chi connectivity index (χ3n) is 5.88. The van der Waals surface area contributed by atoms with E-state index in [4.69, 9.17) is 9.47 Å². The number of piperazine rings is 1. The highest BCUT2D eigenvalue weighted by Crippen LogP contribution is 2.25. The van der Waals surface area contributed by atoms with E-state index in [1.165, 1.54) is 6.07 Å². The summed E-state index contributed by atoms with van der Waals surface area (Å²) in [6.07, 6.45) is 0. The molecule has 1 fully saturated rings. The van der Waals surface area contributed by atoms with Crippen LogP contribution >= 0.6 is 0 Å². The molecule has 0 bridgehead atoms. The summed E-state index contributed by atoms with van der Waals surface area (Å²) in [5.74, 6) is 1.19. The number of anilines is 1. The molecule has 0 aromatic heterocycles. The summed E-state index contributed by atoms with van der Waals surface area (Å²) in [7, 11) is 1.61. The van der Waals surface area contributed by atoms with Crippen molar-refractivity contribution in [2.24, 2.45) is 0 Å². The number of nitrogens with zero attached hydrogens (tertiary/aromatic N) is 2. The average molecular weight is 449 g/mol. The molecule has 1 aliphatic rings. The molecule has 0 N–H and O–H groups in total. The molecule has 0 unspecified atom stereocenters. The van der Waals surface area contributed by atoms with E-state index in [9.17, 15) is 9.18 Å². The van der Waals surface area contributed by atoms with Crippen LogP contribution in [0.1, 0.15) is 27.0 Å². The molecule has 172 valence electrons. The summed E-state index contributed by atoms with van der Waals surface area (Å²) < 4.78 is 25.6. The van der Waals surface area contributed by atoms with Crippen molar-refractivity contribution < 1.29 is 18.7 Å². The van der Waals surface area contributed by atoms with Crippen LogP contribution in [0, 0.1) is 19.7 Å². The van der Waals surface area contributed by atoms with Crippen molar-refractivity contribution in [3.05, 3.63) is 88.7 Å². The Balaban J connectivity index is 1.44. The van der Waals surface area contributed by atoms with Gasteiger partial charge in [0, 0.05) is 37.3 Å². The van der Waals surface area contributed by atoms with E-state index in [0.717, 1.165) is 22.4 Å². The van der Waals surface area contributed by atoms with Crippen molar-refractivity contribution in [1.82, 2.24) is 4.90 Å². The number of rotatable bonds is 6. The summed E-state index contributed by atoms with van der Waals surface area (Å²) in [6.45, 7) is 6.61. The van der Waals surface area contributed by atoms with Gasteiger partial charge in [0.15, 0.2) is 0 Å². The van der Waals surface area contributed by atoms with Crippen molar-refractivity contribution in [1.29, 1.82) is 0 Å². The fraction of sp³-hybridized carbons (Fsp3) is 0.296. The fourth-order valence-electron chi connectivity index (χ4n) is 4.24. The summed E-state index contributed by atoms with van der Waals surface area (Å²) in [5.41, 5.74) is 4.26. The van der Waals surface area contributed by atoms with Gasteiger partial charge < -0.3 is 19.3 Å². The first-order valence-corrected chi connectivity index (χ1v) is 11.1. The van der Waals surface area contributed by atoms with Crippen LogP contribution in [0.2, 0.25) is 0 Å². The maximum atomic E-state index is 14.1. The van der Waals surface area contributed by atoms with Crippen LogP contribution in [0.15, 0.2) is 60.7 Å². The molecule has 5 nitrogen and oxygen atoms in total. The van der Waals surface area contributed by atoms with E-state index in [1.807, 2.05) is 54.0 Å². The lowest BCUT2D eigenvalue weighted by atomic mass is 10.1. The van der Waals surface area contributed by atoms with Gasteiger partial charge in [-0.25, -0.2) is 4.39 Å². The lowest BCUT2D eigenvalue weighted by Crippen LogP contribution is -2.49. The lowest BCUT2D eigenvalue weighted by Gasteiger charge is -2.36. The SMILES string of the molecule is COc1ccc(C(=O)N2CCN(c3ccccc3F)CC2)cc1COc1cc(C)cc(C)c1. The number of halogens is 1. The number of methoxy groups -OCH3 is 1. The van der Waals surface area contributed by atoms with Crippen molar-refractivity contribution in [2.75, 3.05) is 38.2 Å². The van der Waals surface area contributed by atoms with Gasteiger partial charge in [-0.3, -0.25) is 4.79 Å². The molecule has 0 aliphatic carbocycles. The van der Waals surface area contributed by atoms with Crippen LogP contribution in [-0.4, -0.2) is 44.1 Å². The number of para-hydroxylation sites is 1. The summed E-state index contributed by atoms with van der Waals surface area (Å²) in [4.78, 5) is 17.0. The van der Waals surface area contributed by atoms with Gasteiger partial charge in [-0.1, -0.05) is 18.2 Å². The van der Waals surface area contributed by atoms with E-state index in [1.54, 1.807) is 25.3 Å². The van der Waals surface area contributed by atoms with Crippen molar-refractivity contribution in [2.45, 2.75) is 20.5 Å². The van der Waals surface area contributed by atoms with Gasteiger partial charge in [0.25, 0.3) is 5.91 Å². The lowest BCUT2D eigenvalue weighted by molar-refractivity contribution is 0.0746. The van der Waals surface area contributed by atoms with Crippen LogP contribution < -0.4 is 14.4 Å². The molecule has 3 aromatic carbocycles. The van der Waals surface area contributed by atoms with E-state index < -0.39 is 0 Å². The Bertz CT molecular complexity index is 1120. The van der Waals surface area contributed by atoms with Crippen LogP contribution in [0.5, 0.6) is 11.5 Å². The van der Waals surface area contributed by atoms with Crippen LogP contribution in [0.25, 0.3) is 0 Å². The number of carbonyl (C=O) groups is 1. The quantitative estimate of drug-likeness (QED) is 0.533. The number of ether oxygens (including phenoxy) is 2. The number of aryl methyl sites for hydroxylation is 2. The van der Waals surface area contributed by atoms with E-state index >= 15 is 0 Å². The topological polar surface area (TPSA) is 42.0 Å². The van der Waals surface area contributed by atoms with Gasteiger partial charge in [-0.15, -0.1) is 0 Å². The Labute approximate surface area is 194 Å². The third-order valence-corrected chi connectivity index (χ3v) is 5.88. The highest BCUT2D eigenvalue weighted by Gasteiger charge is 2.24. The summed E-state index contributed by atoms with van der Waals surface area (Å²) in [6, 6.07) is 18.3. The Morgan fingerprint density at radius 3 is 2.30 bits per heavy atom. The van der Waals surface area contributed by atoms with Crippen LogP contribution in [0.4, 0.5) is 10.1 Å². The second-order valence-corrected chi connectivity index (χ2v) is 8.37. The maximum absolute atomic E-state index is 14.1. The smallest absolute Gasteiger partial charge is 0.253 e. The second-order valence-electron chi connectivity index (χ2n) is 8.37. The number of hydrogen-bond donors (Lipinski definition) is 0. The first-order valence-electron chi connectivity index (χ1n) is 11.1. The standard InChI is InChI=1S/C27H29FN2O3/c1-19-14-20(2)16-23(15-19)33-18-22-17-21(8-9-26(22)32-3)27(31)30-12-10-29(11-13-30)25-7-5-4-6-24(25)28/h4-9,14-17H,10-13,18H2,1-3H3. The highest BCUT2D eigenvalue weighted by molar-refractivity contribution is 5.94. The molecule has 1 saturated heterocycles. The molecule has 6 heteroatoms. The van der Waals surface area contributed by atoms with Crippen molar-refractivity contribution in [3.8, 4) is 11.5 Å². The van der Waals surface area contributed by atoms with Gasteiger partial charge >= 0.3 is 0 Å². The van der Waals surface area contributed by atoms with Crippen molar-refractivity contribution in [3.63, 3.8) is 0 Å². The Kier molecular flexibility index (Phi) is 6.82. The van der Waals surface area contributed by atoms with Gasteiger partial charge in [0.05, 0.1) is 12.8 Å². The molecule has 0 spiro atoms. The molecule has 1 amide bonds. The van der Waals surface area contributed by atoms with Gasteiger partial charge in [-0.05, 0) is 67.4 Å². The predicted octanol–water partition coefficient (Wildman–Crippen LogP) is 4.99. The Morgan fingerprint density at radius 2 is 1.64 bits per heavy atom. The van der Waals surface area contributed by atoms with E-state index in [-0.39, 0.29) is 11.7 Å². The molecule has 0 atom stereocenters. The first kappa shape index (κ1) is 22.6. The van der Waals surface area contributed by atoms with Crippen LogP contribution in [0.3, 0.4) is 0 Å². The maximum Gasteiger partial charge on any atom is 0.253 e. The molecule has 1 aliphatic heterocycles. The molecule has 0 radical (unpaired) electrons. The molecule has 33 heavy (non-hydrogen) atoms. The molecule has 3 aromatic rings. The molecule has 4 rings (SSSR count). The highest BCUT2D eigenvalue weighted by atomic mass is 19.1. The average Bonchev–Trinajstić information content (AvgIpc) is 2.82. The van der Waals surface area contributed by atoms with Gasteiger partial charge in [-0.2, -0.15) is 0 Å². The van der Waals surface area contributed by atoms with Gasteiger partial charge in [0.2, 0.25) is 0 Å². The first-order chi connectivity index (χ1) is 15.9. The molecule has 0 saturated carbocycles. The van der Waals surface area contributed by atoms with E-state index in [2.05, 4.69) is 6.07 Å². The third kappa shape index (κ3) is 5.28. The zero-order valence-electron chi connectivity index (χ0n) is 19.3. The normalized spacial score (nSPS) is 13.7. The molecule has 1 heterocycles. The minimum atomic E-state index is -0.235. The monoisotopic (exact) mass is 448 g/mol. The minimum absolute atomic E-state index is 0.0431. The number of benzene rings is 3. The summed E-state index contributed by atoms with van der Waals surface area (Å²) >= 11 is 0. The minimum Gasteiger partial charge on any atom is -0.496 e. The van der Waals surface area contributed by atoms with E-state index in [0.29, 0.717) is 49.8 Å². The molecular weight excluding hydrogens is 419 g/mol.